The van der Waals surface area contributed by atoms with Crippen LogP contribution in [0.1, 0.15) is 16.7 Å². The molecule has 0 spiro atoms. The van der Waals surface area contributed by atoms with E-state index in [-0.39, 0.29) is 22.9 Å². The van der Waals surface area contributed by atoms with Crippen molar-refractivity contribution >= 4 is 45.2 Å². The van der Waals surface area contributed by atoms with Gasteiger partial charge in [0.05, 0.1) is 17.2 Å². The molecule has 0 bridgehead atoms. The molecule has 1 heterocycles. The number of rotatable bonds is 4. The van der Waals surface area contributed by atoms with E-state index in [1.165, 1.54) is 0 Å². The van der Waals surface area contributed by atoms with Gasteiger partial charge in [-0.25, -0.2) is 0 Å². The Morgan fingerprint density at radius 2 is 1.89 bits per heavy atom. The van der Waals surface area contributed by atoms with Crippen LogP contribution in [0, 0.1) is 13.8 Å². The zero-order valence-electron chi connectivity index (χ0n) is 15.7. The third-order valence-corrected chi connectivity index (χ3v) is 4.79. The fourth-order valence-electron chi connectivity index (χ4n) is 2.92. The van der Waals surface area contributed by atoms with Gasteiger partial charge in [-0.05, 0) is 49.3 Å². The molecule has 0 aliphatic carbocycles. The van der Waals surface area contributed by atoms with E-state index in [1.807, 2.05) is 19.9 Å². The quantitative estimate of drug-likeness (QED) is 0.273. The monoisotopic (exact) mass is 395 g/mol. The van der Waals surface area contributed by atoms with Crippen LogP contribution >= 0.6 is 12.2 Å². The largest absolute Gasteiger partial charge is 0.455 e. The first kappa shape index (κ1) is 19.6. The molecule has 0 saturated heterocycles. The summed E-state index contributed by atoms with van der Waals surface area (Å²) in [4.78, 5) is 25.2. The topological polar surface area (TPSA) is 83.4 Å². The van der Waals surface area contributed by atoms with Crippen LogP contribution in [0.25, 0.3) is 21.9 Å². The number of aryl methyl sites for hydroxylation is 2. The molecule has 0 aliphatic rings. The number of hydrazine groups is 1. The average Bonchev–Trinajstić information content (AvgIpc) is 2.68. The molecule has 6 nitrogen and oxygen atoms in total. The van der Waals surface area contributed by atoms with E-state index in [2.05, 4.69) is 22.7 Å². The highest BCUT2D eigenvalue weighted by molar-refractivity contribution is 7.80. The van der Waals surface area contributed by atoms with Gasteiger partial charge in [0.1, 0.15) is 11.2 Å². The molecule has 1 amide bonds. The minimum absolute atomic E-state index is 0.0354. The lowest BCUT2D eigenvalue weighted by Gasteiger charge is -2.12. The summed E-state index contributed by atoms with van der Waals surface area (Å²) in [5.74, 6) is -0.307. The second-order valence-corrected chi connectivity index (χ2v) is 6.87. The first-order valence-electron chi connectivity index (χ1n) is 8.80. The highest BCUT2D eigenvalue weighted by atomic mass is 32.1. The smallest absolute Gasteiger partial charge is 0.242 e. The van der Waals surface area contributed by atoms with Crippen molar-refractivity contribution in [1.82, 2.24) is 16.2 Å². The second kappa shape index (κ2) is 8.22. The molecule has 0 aliphatic heterocycles. The van der Waals surface area contributed by atoms with Crippen LogP contribution in [-0.2, 0) is 11.2 Å². The van der Waals surface area contributed by atoms with E-state index in [4.69, 9.17) is 16.6 Å². The molecule has 144 valence electrons. The third-order valence-electron chi connectivity index (χ3n) is 4.54. The van der Waals surface area contributed by atoms with Crippen LogP contribution in [0.3, 0.4) is 0 Å². The lowest BCUT2D eigenvalue weighted by atomic mass is 10.0. The first-order chi connectivity index (χ1) is 13.4. The van der Waals surface area contributed by atoms with E-state index < -0.39 is 0 Å². The number of hydrogen-bond donors (Lipinski definition) is 3. The van der Waals surface area contributed by atoms with Crippen LogP contribution in [0.4, 0.5) is 0 Å². The van der Waals surface area contributed by atoms with Gasteiger partial charge >= 0.3 is 0 Å². The predicted octanol–water partition coefficient (Wildman–Crippen LogP) is 2.79. The molecule has 0 fully saturated rings. The Bertz CT molecular complexity index is 1150. The normalized spacial score (nSPS) is 10.6. The van der Waals surface area contributed by atoms with Gasteiger partial charge in [-0.15, -0.1) is 6.58 Å². The van der Waals surface area contributed by atoms with Crippen molar-refractivity contribution in [2.24, 2.45) is 0 Å². The molecule has 0 atom stereocenters. The summed E-state index contributed by atoms with van der Waals surface area (Å²) in [6, 6.07) is 8.93. The summed E-state index contributed by atoms with van der Waals surface area (Å²) in [6.45, 7) is 7.95. The first-order valence-corrected chi connectivity index (χ1v) is 9.21. The van der Waals surface area contributed by atoms with Gasteiger partial charge < -0.3 is 9.73 Å². The lowest BCUT2D eigenvalue weighted by molar-refractivity contribution is -0.121. The predicted molar refractivity (Wildman–Crippen MR) is 115 cm³/mol. The Morgan fingerprint density at radius 1 is 1.14 bits per heavy atom. The Balaban J connectivity index is 1.93. The average molecular weight is 395 g/mol. The highest BCUT2D eigenvalue weighted by Crippen LogP contribution is 2.25. The minimum atomic E-state index is -0.307. The van der Waals surface area contributed by atoms with Gasteiger partial charge in [-0.3, -0.25) is 20.4 Å². The molecule has 7 heteroatoms. The van der Waals surface area contributed by atoms with Gasteiger partial charge in [0.2, 0.25) is 11.3 Å². The van der Waals surface area contributed by atoms with Gasteiger partial charge in [0.15, 0.2) is 5.11 Å². The molecular weight excluding hydrogens is 374 g/mol. The number of carbonyl (C=O) groups excluding carboxylic acids is 1. The van der Waals surface area contributed by atoms with E-state index in [1.54, 1.807) is 30.3 Å². The summed E-state index contributed by atoms with van der Waals surface area (Å²) >= 11 is 5.03. The summed E-state index contributed by atoms with van der Waals surface area (Å²) in [5.41, 5.74) is 8.61. The highest BCUT2D eigenvalue weighted by Gasteiger charge is 2.15. The second-order valence-electron chi connectivity index (χ2n) is 6.46. The molecule has 3 rings (SSSR count). The zero-order chi connectivity index (χ0) is 20.3. The van der Waals surface area contributed by atoms with Crippen molar-refractivity contribution in [3.8, 4) is 0 Å². The summed E-state index contributed by atoms with van der Waals surface area (Å²) in [7, 11) is 0. The van der Waals surface area contributed by atoms with Crippen molar-refractivity contribution in [3.63, 3.8) is 0 Å². The van der Waals surface area contributed by atoms with Crippen LogP contribution < -0.4 is 21.6 Å². The van der Waals surface area contributed by atoms with Crippen molar-refractivity contribution in [3.05, 3.63) is 69.9 Å². The Labute approximate surface area is 167 Å². The fourth-order valence-corrected chi connectivity index (χ4v) is 3.06. The number of nitrogens with one attached hydrogen (secondary N) is 3. The molecule has 0 radical (unpaired) electrons. The van der Waals surface area contributed by atoms with Crippen molar-refractivity contribution < 1.29 is 9.21 Å². The lowest BCUT2D eigenvalue weighted by Crippen LogP contribution is -2.47. The summed E-state index contributed by atoms with van der Waals surface area (Å²) in [5, 5.41) is 4.13. The SMILES string of the molecule is C=CCNC(=S)NNC(=O)Cc1cccc2c(=O)c3ccc(C)c(C)c3oc12. The number of amides is 1. The molecular formula is C21H21N3O3S. The molecule has 1 aromatic heterocycles. The van der Waals surface area contributed by atoms with Crippen molar-refractivity contribution in [1.29, 1.82) is 0 Å². The summed E-state index contributed by atoms with van der Waals surface area (Å²) in [6.07, 6.45) is 1.69. The summed E-state index contributed by atoms with van der Waals surface area (Å²) < 4.78 is 6.10. The number of fused-ring (bicyclic) bond motifs is 2. The number of hydrogen-bond acceptors (Lipinski definition) is 4. The maximum Gasteiger partial charge on any atom is 0.242 e. The number of para-hydroxylation sites is 1. The van der Waals surface area contributed by atoms with E-state index in [9.17, 15) is 9.59 Å². The van der Waals surface area contributed by atoms with Gasteiger partial charge in [-0.1, -0.05) is 24.3 Å². The van der Waals surface area contributed by atoms with Crippen molar-refractivity contribution in [2.75, 3.05) is 6.54 Å². The molecule has 0 unspecified atom stereocenters. The van der Waals surface area contributed by atoms with Gasteiger partial charge in [0, 0.05) is 12.1 Å². The fraction of sp³-hybridized carbons (Fsp3) is 0.190. The van der Waals surface area contributed by atoms with Crippen LogP contribution in [0.5, 0.6) is 0 Å². The number of benzene rings is 2. The van der Waals surface area contributed by atoms with E-state index in [0.29, 0.717) is 34.0 Å². The zero-order valence-corrected chi connectivity index (χ0v) is 16.5. The van der Waals surface area contributed by atoms with E-state index >= 15 is 0 Å². The maximum atomic E-state index is 12.9. The Hall–Kier alpha value is -3.19. The van der Waals surface area contributed by atoms with Crippen LogP contribution in [0.15, 0.2) is 52.2 Å². The number of thiocarbonyl (C=S) groups is 1. The minimum Gasteiger partial charge on any atom is -0.455 e. The van der Waals surface area contributed by atoms with Crippen molar-refractivity contribution in [2.45, 2.75) is 20.3 Å². The van der Waals surface area contributed by atoms with E-state index in [0.717, 1.165) is 11.1 Å². The molecule has 0 saturated carbocycles. The van der Waals surface area contributed by atoms with Crippen LogP contribution in [-0.4, -0.2) is 17.6 Å². The van der Waals surface area contributed by atoms with Gasteiger partial charge in [0.25, 0.3) is 0 Å². The molecule has 3 N–H and O–H groups in total. The third kappa shape index (κ3) is 3.89. The maximum absolute atomic E-state index is 12.9. The number of carbonyl (C=O) groups is 1. The van der Waals surface area contributed by atoms with Crippen LogP contribution in [0.2, 0.25) is 0 Å². The molecule has 28 heavy (non-hydrogen) atoms. The Kier molecular flexibility index (Phi) is 5.75. The standard InChI is InChI=1S/C21H21N3O3S/c1-4-10-22-21(28)24-23-17(25)11-14-6-5-7-15-18(26)16-9-8-12(2)13(3)19(16)27-20(14)15/h4-9H,1,10-11H2,2-3H3,(H,23,25)(H2,22,24,28). The molecule has 3 aromatic rings. The van der Waals surface area contributed by atoms with Gasteiger partial charge in [-0.2, -0.15) is 0 Å². The Morgan fingerprint density at radius 3 is 2.64 bits per heavy atom. The molecule has 2 aromatic carbocycles.